The molecule has 26 heavy (non-hydrogen) atoms. The summed E-state index contributed by atoms with van der Waals surface area (Å²) in [5.41, 5.74) is 2.40. The van der Waals surface area contributed by atoms with Gasteiger partial charge in [-0.2, -0.15) is 0 Å². The van der Waals surface area contributed by atoms with Crippen molar-refractivity contribution in [3.05, 3.63) is 60.2 Å². The molecule has 0 aliphatic carbocycles. The van der Waals surface area contributed by atoms with Crippen LogP contribution in [0.15, 0.2) is 59.5 Å². The van der Waals surface area contributed by atoms with Gasteiger partial charge in [-0.3, -0.25) is 4.79 Å². The number of thioether (sulfide) groups is 1. The fourth-order valence-corrected chi connectivity index (χ4v) is 3.89. The molecule has 138 valence electrons. The molecule has 0 bridgehead atoms. The zero-order valence-electron chi connectivity index (χ0n) is 15.5. The molecule has 5 heteroatoms. The Kier molecular flexibility index (Phi) is 6.58. The highest BCUT2D eigenvalue weighted by atomic mass is 32.2. The standard InChI is InChI=1S/C21H27N3OS/c1-17(26-20-6-4-3-5-7-20)21(25)22-16-18-8-10-19(11-9-18)24-14-12-23(2)13-15-24/h3-11,17H,12-16H2,1-2H3,(H,22,25)/t17-/m1/s1. The van der Waals surface area contributed by atoms with Gasteiger partial charge < -0.3 is 15.1 Å². The lowest BCUT2D eigenvalue weighted by Crippen LogP contribution is -2.44. The third-order valence-electron chi connectivity index (χ3n) is 4.70. The van der Waals surface area contributed by atoms with Crippen LogP contribution in [0.5, 0.6) is 0 Å². The lowest BCUT2D eigenvalue weighted by molar-refractivity contribution is -0.120. The number of anilines is 1. The molecule has 4 nitrogen and oxygen atoms in total. The van der Waals surface area contributed by atoms with Crippen LogP contribution in [0.4, 0.5) is 5.69 Å². The summed E-state index contributed by atoms with van der Waals surface area (Å²) in [4.78, 5) is 18.2. The number of hydrogen-bond donors (Lipinski definition) is 1. The third-order valence-corrected chi connectivity index (χ3v) is 5.81. The Bertz CT molecular complexity index is 697. The maximum atomic E-state index is 12.3. The Labute approximate surface area is 160 Å². The Morgan fingerprint density at radius 1 is 1.04 bits per heavy atom. The minimum Gasteiger partial charge on any atom is -0.369 e. The van der Waals surface area contributed by atoms with E-state index in [4.69, 9.17) is 0 Å². The van der Waals surface area contributed by atoms with E-state index in [1.807, 2.05) is 37.3 Å². The van der Waals surface area contributed by atoms with Crippen molar-refractivity contribution in [3.8, 4) is 0 Å². The highest BCUT2D eigenvalue weighted by Gasteiger charge is 2.15. The van der Waals surface area contributed by atoms with E-state index in [-0.39, 0.29) is 11.2 Å². The minimum atomic E-state index is -0.109. The molecule has 1 N–H and O–H groups in total. The minimum absolute atomic E-state index is 0.0713. The van der Waals surface area contributed by atoms with E-state index in [0.717, 1.165) is 36.6 Å². The molecule has 2 aromatic carbocycles. The number of carbonyl (C=O) groups excluding carboxylic acids is 1. The Morgan fingerprint density at radius 2 is 1.69 bits per heavy atom. The molecule has 0 unspecified atom stereocenters. The molecule has 1 fully saturated rings. The molecule has 1 aliphatic rings. The number of nitrogens with zero attached hydrogens (tertiary/aromatic N) is 2. The number of piperazine rings is 1. The van der Waals surface area contributed by atoms with Crippen molar-refractivity contribution in [2.45, 2.75) is 23.6 Å². The molecule has 1 atom stereocenters. The predicted octanol–water partition coefficient (Wildman–Crippen LogP) is 3.24. The molecule has 0 saturated carbocycles. The molecule has 2 aromatic rings. The number of carbonyl (C=O) groups is 1. The van der Waals surface area contributed by atoms with Crippen LogP contribution >= 0.6 is 11.8 Å². The van der Waals surface area contributed by atoms with E-state index >= 15 is 0 Å². The molecule has 1 saturated heterocycles. The normalized spacial score (nSPS) is 16.3. The first kappa shape index (κ1) is 18.8. The smallest absolute Gasteiger partial charge is 0.233 e. The average Bonchev–Trinajstić information content (AvgIpc) is 2.68. The SMILES string of the molecule is C[C@@H](Sc1ccccc1)C(=O)NCc1ccc(N2CCN(C)CC2)cc1. The molecule has 0 aromatic heterocycles. The quantitative estimate of drug-likeness (QED) is 0.793. The fraction of sp³-hybridized carbons (Fsp3) is 0.381. The van der Waals surface area contributed by atoms with Crippen molar-refractivity contribution in [3.63, 3.8) is 0 Å². The second-order valence-corrected chi connectivity index (χ2v) is 8.16. The molecule has 3 rings (SSSR count). The summed E-state index contributed by atoms with van der Waals surface area (Å²) in [7, 11) is 2.17. The second kappa shape index (κ2) is 9.10. The van der Waals surface area contributed by atoms with Gasteiger partial charge in [-0.15, -0.1) is 11.8 Å². The van der Waals surface area contributed by atoms with E-state index in [0.29, 0.717) is 6.54 Å². The van der Waals surface area contributed by atoms with Gasteiger partial charge in [0.1, 0.15) is 0 Å². The van der Waals surface area contributed by atoms with Gasteiger partial charge in [-0.05, 0) is 43.8 Å². The van der Waals surface area contributed by atoms with Gasteiger partial charge in [0.25, 0.3) is 0 Å². The summed E-state index contributed by atoms with van der Waals surface area (Å²) >= 11 is 1.59. The van der Waals surface area contributed by atoms with Crippen LogP contribution in [-0.2, 0) is 11.3 Å². The second-order valence-electron chi connectivity index (χ2n) is 6.75. The average molecular weight is 370 g/mol. The number of hydrogen-bond acceptors (Lipinski definition) is 4. The van der Waals surface area contributed by atoms with Gasteiger partial charge >= 0.3 is 0 Å². The van der Waals surface area contributed by atoms with Gasteiger partial charge in [0.15, 0.2) is 0 Å². The summed E-state index contributed by atoms with van der Waals surface area (Å²) in [6.45, 7) is 6.87. The number of amides is 1. The number of rotatable bonds is 6. The predicted molar refractivity (Wildman–Crippen MR) is 110 cm³/mol. The maximum absolute atomic E-state index is 12.3. The van der Waals surface area contributed by atoms with E-state index < -0.39 is 0 Å². The molecule has 0 radical (unpaired) electrons. The first-order valence-electron chi connectivity index (χ1n) is 9.13. The van der Waals surface area contributed by atoms with Crippen molar-refractivity contribution < 1.29 is 4.79 Å². The van der Waals surface area contributed by atoms with E-state index in [1.165, 1.54) is 5.69 Å². The van der Waals surface area contributed by atoms with Crippen LogP contribution in [0, 0.1) is 0 Å². The zero-order valence-corrected chi connectivity index (χ0v) is 16.3. The number of nitrogens with one attached hydrogen (secondary N) is 1. The Morgan fingerprint density at radius 3 is 2.35 bits per heavy atom. The van der Waals surface area contributed by atoms with Crippen LogP contribution < -0.4 is 10.2 Å². The van der Waals surface area contributed by atoms with Crippen LogP contribution in [0.1, 0.15) is 12.5 Å². The van der Waals surface area contributed by atoms with E-state index in [2.05, 4.69) is 46.4 Å². The summed E-state index contributed by atoms with van der Waals surface area (Å²) in [6.07, 6.45) is 0. The monoisotopic (exact) mass is 369 g/mol. The first-order chi connectivity index (χ1) is 12.6. The van der Waals surface area contributed by atoms with Gasteiger partial charge in [0.2, 0.25) is 5.91 Å². The molecule has 1 amide bonds. The highest BCUT2D eigenvalue weighted by Crippen LogP contribution is 2.23. The third kappa shape index (κ3) is 5.26. The summed E-state index contributed by atoms with van der Waals surface area (Å²) < 4.78 is 0. The van der Waals surface area contributed by atoms with Crippen LogP contribution in [0.3, 0.4) is 0 Å². The highest BCUT2D eigenvalue weighted by molar-refractivity contribution is 8.00. The number of benzene rings is 2. The summed E-state index contributed by atoms with van der Waals surface area (Å²) in [5.74, 6) is 0.0713. The summed E-state index contributed by atoms with van der Waals surface area (Å²) in [5, 5.41) is 2.93. The van der Waals surface area contributed by atoms with Crippen LogP contribution in [0.2, 0.25) is 0 Å². The number of likely N-dealkylation sites (N-methyl/N-ethyl adjacent to an activating group) is 1. The van der Waals surface area contributed by atoms with E-state index in [9.17, 15) is 4.79 Å². The molecule has 0 spiro atoms. The first-order valence-corrected chi connectivity index (χ1v) is 10.0. The topological polar surface area (TPSA) is 35.6 Å². The molecule has 1 aliphatic heterocycles. The Balaban J connectivity index is 1.47. The van der Waals surface area contributed by atoms with E-state index in [1.54, 1.807) is 11.8 Å². The lowest BCUT2D eigenvalue weighted by atomic mass is 10.1. The fourth-order valence-electron chi connectivity index (χ4n) is 2.98. The zero-order chi connectivity index (χ0) is 18.4. The van der Waals surface area contributed by atoms with Gasteiger partial charge in [0, 0.05) is 43.3 Å². The largest absolute Gasteiger partial charge is 0.369 e. The van der Waals surface area contributed by atoms with Gasteiger partial charge in [0.05, 0.1) is 5.25 Å². The van der Waals surface area contributed by atoms with Gasteiger partial charge in [-0.25, -0.2) is 0 Å². The van der Waals surface area contributed by atoms with Crippen molar-refractivity contribution in [1.82, 2.24) is 10.2 Å². The van der Waals surface area contributed by atoms with Crippen molar-refractivity contribution >= 4 is 23.4 Å². The van der Waals surface area contributed by atoms with Crippen molar-refractivity contribution in [1.29, 1.82) is 0 Å². The van der Waals surface area contributed by atoms with Crippen LogP contribution in [-0.4, -0.2) is 49.3 Å². The summed E-state index contributed by atoms with van der Waals surface area (Å²) in [6, 6.07) is 18.6. The molecular formula is C21H27N3OS. The maximum Gasteiger partial charge on any atom is 0.233 e. The molecular weight excluding hydrogens is 342 g/mol. The van der Waals surface area contributed by atoms with Crippen molar-refractivity contribution in [2.75, 3.05) is 38.1 Å². The van der Waals surface area contributed by atoms with Gasteiger partial charge in [-0.1, -0.05) is 30.3 Å². The lowest BCUT2D eigenvalue weighted by Gasteiger charge is -2.34. The Hall–Kier alpha value is -1.98. The van der Waals surface area contributed by atoms with Crippen LogP contribution in [0.25, 0.3) is 0 Å². The van der Waals surface area contributed by atoms with Crippen molar-refractivity contribution in [2.24, 2.45) is 0 Å². The molecule has 1 heterocycles.